The van der Waals surface area contributed by atoms with Gasteiger partial charge >= 0.3 is 5.97 Å². The van der Waals surface area contributed by atoms with Gasteiger partial charge in [-0.3, -0.25) is 19.7 Å². The first-order valence-corrected chi connectivity index (χ1v) is 8.58. The number of nitrogens with one attached hydrogen (secondary N) is 2. The number of anilines is 1. The van der Waals surface area contributed by atoms with Crippen molar-refractivity contribution in [2.45, 2.75) is 24.6 Å². The van der Waals surface area contributed by atoms with Gasteiger partial charge in [0.25, 0.3) is 5.69 Å². The van der Waals surface area contributed by atoms with Gasteiger partial charge in [-0.1, -0.05) is 0 Å². The molecule has 0 aromatic heterocycles. The Bertz CT molecular complexity index is 678. The summed E-state index contributed by atoms with van der Waals surface area (Å²) in [6, 6.07) is 4.69. The smallest absolute Gasteiger partial charge is 0.329 e. The SMILES string of the molecule is CCOC(=O)[C@@H]1CS[C@H](CC(=O)Nc2ccc([N+](=O)[O-])cc2)C(=O)N1. The normalized spacial score (nSPS) is 19.6. The second-order valence-electron chi connectivity index (χ2n) is 5.19. The lowest BCUT2D eigenvalue weighted by Gasteiger charge is -2.27. The van der Waals surface area contributed by atoms with Crippen molar-refractivity contribution in [3.05, 3.63) is 34.4 Å². The molecule has 0 aliphatic carbocycles. The van der Waals surface area contributed by atoms with E-state index in [1.54, 1.807) is 6.92 Å². The quantitative estimate of drug-likeness (QED) is 0.437. The molecule has 9 nitrogen and oxygen atoms in total. The summed E-state index contributed by atoms with van der Waals surface area (Å²) < 4.78 is 4.86. The van der Waals surface area contributed by atoms with Crippen LogP contribution < -0.4 is 10.6 Å². The number of nitro benzene ring substituents is 1. The average Bonchev–Trinajstić information content (AvgIpc) is 2.57. The topological polar surface area (TPSA) is 128 Å². The number of carbonyl (C=O) groups is 3. The summed E-state index contributed by atoms with van der Waals surface area (Å²) in [5, 5.41) is 15.1. The van der Waals surface area contributed by atoms with Crippen LogP contribution in [0.1, 0.15) is 13.3 Å². The van der Waals surface area contributed by atoms with Gasteiger partial charge in [0.15, 0.2) is 0 Å². The van der Waals surface area contributed by atoms with Gasteiger partial charge in [0.1, 0.15) is 6.04 Å². The maximum absolute atomic E-state index is 12.0. The Balaban J connectivity index is 1.85. The van der Waals surface area contributed by atoms with Crippen LogP contribution in [0.3, 0.4) is 0 Å². The van der Waals surface area contributed by atoms with E-state index < -0.39 is 34.0 Å². The van der Waals surface area contributed by atoms with Crippen LogP contribution >= 0.6 is 11.8 Å². The first kappa shape index (κ1) is 18.7. The zero-order valence-corrected chi connectivity index (χ0v) is 14.2. The highest BCUT2D eigenvalue weighted by Gasteiger charge is 2.34. The minimum atomic E-state index is -0.702. The van der Waals surface area contributed by atoms with Gasteiger partial charge in [-0.2, -0.15) is 0 Å². The molecule has 1 aliphatic rings. The molecule has 2 rings (SSSR count). The van der Waals surface area contributed by atoms with Crippen LogP contribution in [0, 0.1) is 10.1 Å². The van der Waals surface area contributed by atoms with Crippen LogP contribution in [0.15, 0.2) is 24.3 Å². The van der Waals surface area contributed by atoms with Gasteiger partial charge in [0.2, 0.25) is 11.8 Å². The maximum atomic E-state index is 12.0. The van der Waals surface area contributed by atoms with Gasteiger partial charge in [0.05, 0.1) is 16.8 Å². The molecule has 1 heterocycles. The first-order chi connectivity index (χ1) is 11.9. The molecule has 25 heavy (non-hydrogen) atoms. The molecular weight excluding hydrogens is 350 g/mol. The molecule has 2 amide bonds. The molecule has 2 N–H and O–H groups in total. The lowest BCUT2D eigenvalue weighted by atomic mass is 10.2. The van der Waals surface area contributed by atoms with Crippen LogP contribution in [-0.2, 0) is 19.1 Å². The predicted octanol–water partition coefficient (Wildman–Crippen LogP) is 1.09. The Hall–Kier alpha value is -2.62. The highest BCUT2D eigenvalue weighted by atomic mass is 32.2. The van der Waals surface area contributed by atoms with E-state index >= 15 is 0 Å². The molecule has 0 bridgehead atoms. The van der Waals surface area contributed by atoms with Crippen molar-refractivity contribution >= 4 is 40.9 Å². The van der Waals surface area contributed by atoms with E-state index in [0.717, 1.165) is 0 Å². The Morgan fingerprint density at radius 3 is 2.64 bits per heavy atom. The number of benzene rings is 1. The molecule has 1 aliphatic heterocycles. The fourth-order valence-corrected chi connectivity index (χ4v) is 3.30. The minimum absolute atomic E-state index is 0.0664. The Kier molecular flexibility index (Phi) is 6.34. The van der Waals surface area contributed by atoms with Crippen molar-refractivity contribution in [2.24, 2.45) is 0 Å². The monoisotopic (exact) mass is 367 g/mol. The van der Waals surface area contributed by atoms with Crippen LogP contribution in [0.2, 0.25) is 0 Å². The average molecular weight is 367 g/mol. The molecular formula is C15H17N3O6S. The van der Waals surface area contributed by atoms with Crippen LogP contribution in [0.5, 0.6) is 0 Å². The van der Waals surface area contributed by atoms with Gasteiger partial charge in [0, 0.05) is 30.0 Å². The summed E-state index contributed by atoms with van der Waals surface area (Å²) in [5.41, 5.74) is 0.325. The Morgan fingerprint density at radius 1 is 1.40 bits per heavy atom. The number of hydrogen-bond acceptors (Lipinski definition) is 7. The minimum Gasteiger partial charge on any atom is -0.464 e. The summed E-state index contributed by atoms with van der Waals surface area (Å²) >= 11 is 1.22. The van der Waals surface area contributed by atoms with E-state index in [1.807, 2.05) is 0 Å². The van der Waals surface area contributed by atoms with E-state index in [2.05, 4.69) is 10.6 Å². The van der Waals surface area contributed by atoms with Gasteiger partial charge in [-0.25, -0.2) is 4.79 Å². The molecule has 1 fully saturated rings. The van der Waals surface area contributed by atoms with Crippen LogP contribution in [-0.4, -0.2) is 46.4 Å². The largest absolute Gasteiger partial charge is 0.464 e. The van der Waals surface area contributed by atoms with E-state index in [1.165, 1.54) is 36.0 Å². The first-order valence-electron chi connectivity index (χ1n) is 7.53. The number of nitro groups is 1. The Labute approximate surface area is 147 Å². The van der Waals surface area contributed by atoms with Crippen molar-refractivity contribution in [2.75, 3.05) is 17.7 Å². The molecule has 0 spiro atoms. The summed E-state index contributed by atoms with van der Waals surface area (Å²) in [6.07, 6.45) is -0.0664. The maximum Gasteiger partial charge on any atom is 0.329 e. The van der Waals surface area contributed by atoms with Gasteiger partial charge in [-0.15, -0.1) is 11.8 Å². The molecule has 1 aromatic carbocycles. The molecule has 0 saturated carbocycles. The fraction of sp³-hybridized carbons (Fsp3) is 0.400. The lowest BCUT2D eigenvalue weighted by molar-refractivity contribution is -0.384. The third-order valence-electron chi connectivity index (χ3n) is 3.38. The van der Waals surface area contributed by atoms with E-state index in [9.17, 15) is 24.5 Å². The second kappa shape index (κ2) is 8.47. The summed E-state index contributed by atoms with van der Waals surface area (Å²) in [5.74, 6) is -0.943. The second-order valence-corrected chi connectivity index (χ2v) is 6.43. The lowest BCUT2D eigenvalue weighted by Crippen LogP contribution is -2.51. The number of nitrogens with zero attached hydrogens (tertiary/aromatic N) is 1. The summed E-state index contributed by atoms with van der Waals surface area (Å²) in [6.45, 7) is 1.91. The Morgan fingerprint density at radius 2 is 2.08 bits per heavy atom. The highest BCUT2D eigenvalue weighted by Crippen LogP contribution is 2.22. The van der Waals surface area contributed by atoms with Crippen molar-refractivity contribution in [3.8, 4) is 0 Å². The number of ether oxygens (including phenoxy) is 1. The molecule has 0 radical (unpaired) electrons. The van der Waals surface area contributed by atoms with Crippen LogP contribution in [0.25, 0.3) is 0 Å². The van der Waals surface area contributed by atoms with Crippen molar-refractivity contribution in [3.63, 3.8) is 0 Å². The zero-order valence-electron chi connectivity index (χ0n) is 13.4. The summed E-state index contributed by atoms with van der Waals surface area (Å²) in [7, 11) is 0. The summed E-state index contributed by atoms with van der Waals surface area (Å²) in [4.78, 5) is 45.7. The van der Waals surface area contributed by atoms with Crippen molar-refractivity contribution < 1.29 is 24.0 Å². The van der Waals surface area contributed by atoms with E-state index in [4.69, 9.17) is 4.74 Å². The van der Waals surface area contributed by atoms with Gasteiger partial charge < -0.3 is 15.4 Å². The third kappa shape index (κ3) is 5.18. The molecule has 134 valence electrons. The standard InChI is InChI=1S/C15H17N3O6S/c1-2-24-15(21)11-8-25-12(14(20)17-11)7-13(19)16-9-3-5-10(6-4-9)18(22)23/h3-6,11-12H,2,7-8H2,1H3,(H,16,19)(H,17,20)/t11-,12+/m0/s1. The molecule has 1 saturated heterocycles. The van der Waals surface area contributed by atoms with E-state index in [-0.39, 0.29) is 18.7 Å². The number of esters is 1. The number of hydrogen-bond donors (Lipinski definition) is 2. The van der Waals surface area contributed by atoms with Crippen molar-refractivity contribution in [1.29, 1.82) is 0 Å². The van der Waals surface area contributed by atoms with Crippen LogP contribution in [0.4, 0.5) is 11.4 Å². The third-order valence-corrected chi connectivity index (χ3v) is 4.69. The zero-order chi connectivity index (χ0) is 18.4. The highest BCUT2D eigenvalue weighted by molar-refractivity contribution is 8.00. The van der Waals surface area contributed by atoms with Crippen molar-refractivity contribution in [1.82, 2.24) is 5.32 Å². The molecule has 2 atom stereocenters. The molecule has 0 unspecified atom stereocenters. The van der Waals surface area contributed by atoms with E-state index in [0.29, 0.717) is 11.4 Å². The fourth-order valence-electron chi connectivity index (χ4n) is 2.16. The molecule has 10 heteroatoms. The number of rotatable bonds is 6. The predicted molar refractivity (Wildman–Crippen MR) is 91.2 cm³/mol. The van der Waals surface area contributed by atoms with Gasteiger partial charge in [-0.05, 0) is 19.1 Å². The number of non-ortho nitro benzene ring substituents is 1. The molecule has 1 aromatic rings. The number of carbonyl (C=O) groups excluding carboxylic acids is 3. The number of amides is 2. The number of thioether (sulfide) groups is 1.